The summed E-state index contributed by atoms with van der Waals surface area (Å²) in [5.74, 6) is -0.609. The van der Waals surface area contributed by atoms with Gasteiger partial charge in [-0.25, -0.2) is 9.97 Å². The molecule has 1 aliphatic rings. The van der Waals surface area contributed by atoms with E-state index in [1.807, 2.05) is 0 Å². The first kappa shape index (κ1) is 17.2. The Hall–Kier alpha value is -2.68. The first-order valence-corrected chi connectivity index (χ1v) is 7.52. The minimum atomic E-state index is -4.53. The fourth-order valence-electron chi connectivity index (χ4n) is 2.57. The largest absolute Gasteiger partial charge is 0.416 e. The van der Waals surface area contributed by atoms with Crippen LogP contribution in [-0.4, -0.2) is 52.8 Å². The van der Waals surface area contributed by atoms with Gasteiger partial charge in [-0.2, -0.15) is 13.2 Å². The van der Waals surface area contributed by atoms with E-state index in [2.05, 4.69) is 9.97 Å². The van der Waals surface area contributed by atoms with Crippen molar-refractivity contribution in [2.75, 3.05) is 25.4 Å². The number of rotatable bonds is 2. The number of nitrogens with two attached hydrogens (primary N) is 1. The van der Waals surface area contributed by atoms with Gasteiger partial charge < -0.3 is 15.4 Å². The van der Waals surface area contributed by atoms with Gasteiger partial charge in [-0.15, -0.1) is 0 Å². The van der Waals surface area contributed by atoms with E-state index in [1.165, 1.54) is 6.20 Å². The van der Waals surface area contributed by atoms with E-state index in [4.69, 9.17) is 10.5 Å². The molecule has 0 spiro atoms. The van der Waals surface area contributed by atoms with Crippen LogP contribution in [0, 0.1) is 0 Å². The van der Waals surface area contributed by atoms with E-state index >= 15 is 0 Å². The lowest BCUT2D eigenvalue weighted by atomic mass is 10.1. The highest BCUT2D eigenvalue weighted by molar-refractivity contribution is 5.99. The molecule has 0 saturated carbocycles. The summed E-state index contributed by atoms with van der Waals surface area (Å²) in [6.45, 7) is -0.697. The maximum atomic E-state index is 12.9. The summed E-state index contributed by atoms with van der Waals surface area (Å²) < 4.78 is 43.3. The fraction of sp³-hybridized carbons (Fsp3) is 0.312. The van der Waals surface area contributed by atoms with Crippen LogP contribution in [0.25, 0.3) is 11.3 Å². The highest BCUT2D eigenvalue weighted by Crippen LogP contribution is 2.28. The smallest absolute Gasteiger partial charge is 0.368 e. The number of nitrogen functional groups attached to an aromatic ring is 1. The number of hydrogen-bond acceptors (Lipinski definition) is 5. The molecule has 1 aromatic carbocycles. The van der Waals surface area contributed by atoms with Crippen LogP contribution in [-0.2, 0) is 4.74 Å². The van der Waals surface area contributed by atoms with E-state index in [9.17, 15) is 18.0 Å². The van der Waals surface area contributed by atoms with E-state index < -0.39 is 24.7 Å². The Kier molecular flexibility index (Phi) is 4.58. The number of carbonyl (C=O) groups excluding carboxylic acids is 1. The number of aromatic nitrogens is 2. The number of morpholine rings is 1. The molecule has 0 unspecified atom stereocenters. The third-order valence-electron chi connectivity index (χ3n) is 3.80. The minimum Gasteiger partial charge on any atom is -0.368 e. The number of anilines is 1. The van der Waals surface area contributed by atoms with E-state index in [0.717, 1.165) is 4.90 Å². The molecule has 2 aromatic rings. The molecule has 0 radical (unpaired) electrons. The topological polar surface area (TPSA) is 81.3 Å². The molecular weight excluding hydrogens is 337 g/mol. The van der Waals surface area contributed by atoms with Gasteiger partial charge in [0.15, 0.2) is 6.10 Å². The van der Waals surface area contributed by atoms with Crippen LogP contribution >= 0.6 is 0 Å². The van der Waals surface area contributed by atoms with Crippen LogP contribution in [0.2, 0.25) is 0 Å². The summed E-state index contributed by atoms with van der Waals surface area (Å²) >= 11 is 0. The molecule has 1 aliphatic heterocycles. The van der Waals surface area contributed by atoms with E-state index in [1.54, 1.807) is 30.3 Å². The van der Waals surface area contributed by atoms with Crippen LogP contribution in [0.1, 0.15) is 10.4 Å². The van der Waals surface area contributed by atoms with Crippen molar-refractivity contribution in [1.29, 1.82) is 0 Å². The van der Waals surface area contributed by atoms with Crippen molar-refractivity contribution in [2.45, 2.75) is 12.3 Å². The van der Waals surface area contributed by atoms with Crippen molar-refractivity contribution in [3.8, 4) is 11.3 Å². The molecule has 0 aliphatic carbocycles. The highest BCUT2D eigenvalue weighted by atomic mass is 19.4. The van der Waals surface area contributed by atoms with Crippen LogP contribution in [0.5, 0.6) is 0 Å². The van der Waals surface area contributed by atoms with Crippen molar-refractivity contribution in [2.24, 2.45) is 0 Å². The predicted octanol–water partition coefficient (Wildman–Crippen LogP) is 2.13. The maximum absolute atomic E-state index is 12.9. The number of halogens is 3. The Morgan fingerprint density at radius 2 is 2.00 bits per heavy atom. The summed E-state index contributed by atoms with van der Waals surface area (Å²) in [5, 5.41) is 0. The monoisotopic (exact) mass is 352 g/mol. The third kappa shape index (κ3) is 3.71. The molecule has 1 saturated heterocycles. The Bertz CT molecular complexity index is 768. The Morgan fingerprint density at radius 1 is 1.28 bits per heavy atom. The Labute approximate surface area is 141 Å². The van der Waals surface area contributed by atoms with Gasteiger partial charge in [0.1, 0.15) is 0 Å². The van der Waals surface area contributed by atoms with Crippen molar-refractivity contribution >= 4 is 11.9 Å². The zero-order valence-electron chi connectivity index (χ0n) is 13.0. The summed E-state index contributed by atoms with van der Waals surface area (Å²) in [5.41, 5.74) is 6.62. The second-order valence-electron chi connectivity index (χ2n) is 5.51. The SMILES string of the molecule is Nc1ncc(C(=O)N2CCO[C@@H](C(F)(F)F)C2)c(-c2ccccc2)n1. The van der Waals surface area contributed by atoms with Gasteiger partial charge in [0.2, 0.25) is 5.95 Å². The first-order valence-electron chi connectivity index (χ1n) is 7.52. The molecule has 9 heteroatoms. The highest BCUT2D eigenvalue weighted by Gasteiger charge is 2.44. The zero-order chi connectivity index (χ0) is 18.0. The van der Waals surface area contributed by atoms with E-state index in [0.29, 0.717) is 5.56 Å². The van der Waals surface area contributed by atoms with Gasteiger partial charge in [0, 0.05) is 18.3 Å². The molecule has 3 rings (SSSR count). The first-order chi connectivity index (χ1) is 11.9. The molecular formula is C16H15F3N4O2. The summed E-state index contributed by atoms with van der Waals surface area (Å²) in [7, 11) is 0. The average Bonchev–Trinajstić information content (AvgIpc) is 2.61. The molecule has 1 atom stereocenters. The predicted molar refractivity (Wildman–Crippen MR) is 83.6 cm³/mol. The molecule has 0 bridgehead atoms. The van der Waals surface area contributed by atoms with Gasteiger partial charge in [-0.3, -0.25) is 4.79 Å². The number of ether oxygens (including phenoxy) is 1. The third-order valence-corrected chi connectivity index (χ3v) is 3.80. The van der Waals surface area contributed by atoms with E-state index in [-0.39, 0.29) is 30.4 Å². The van der Waals surface area contributed by atoms with Crippen LogP contribution in [0.15, 0.2) is 36.5 Å². The lowest BCUT2D eigenvalue weighted by molar-refractivity contribution is -0.233. The summed E-state index contributed by atoms with van der Waals surface area (Å²) in [6.07, 6.45) is -5.29. The summed E-state index contributed by atoms with van der Waals surface area (Å²) in [4.78, 5) is 21.8. The molecule has 2 N–H and O–H groups in total. The lowest BCUT2D eigenvalue weighted by Gasteiger charge is -2.34. The molecule has 1 fully saturated rings. The number of carbonyl (C=O) groups is 1. The van der Waals surface area contributed by atoms with Gasteiger partial charge in [0.25, 0.3) is 5.91 Å². The number of alkyl halides is 3. The van der Waals surface area contributed by atoms with Crippen LogP contribution in [0.3, 0.4) is 0 Å². The van der Waals surface area contributed by atoms with Gasteiger partial charge in [-0.1, -0.05) is 30.3 Å². The van der Waals surface area contributed by atoms with Crippen molar-refractivity contribution in [3.05, 3.63) is 42.1 Å². The molecule has 6 nitrogen and oxygen atoms in total. The fourth-order valence-corrected chi connectivity index (χ4v) is 2.57. The average molecular weight is 352 g/mol. The molecule has 132 valence electrons. The molecule has 2 heterocycles. The van der Waals surface area contributed by atoms with Crippen molar-refractivity contribution in [3.63, 3.8) is 0 Å². The minimum absolute atomic E-state index is 0.0226. The number of benzene rings is 1. The lowest BCUT2D eigenvalue weighted by Crippen LogP contribution is -2.51. The van der Waals surface area contributed by atoms with Gasteiger partial charge in [0.05, 0.1) is 24.4 Å². The quantitative estimate of drug-likeness (QED) is 0.895. The standard InChI is InChI=1S/C16H15F3N4O2/c17-16(18,19)12-9-23(6-7-25-12)14(24)11-8-21-15(20)22-13(11)10-4-2-1-3-5-10/h1-5,8,12H,6-7,9H2,(H2,20,21,22)/t12-/m1/s1. The number of amides is 1. The normalized spacial score (nSPS) is 18.2. The van der Waals surface area contributed by atoms with Crippen molar-refractivity contribution < 1.29 is 22.7 Å². The molecule has 1 aromatic heterocycles. The van der Waals surface area contributed by atoms with Crippen molar-refractivity contribution in [1.82, 2.24) is 14.9 Å². The molecule has 25 heavy (non-hydrogen) atoms. The second kappa shape index (κ2) is 6.67. The van der Waals surface area contributed by atoms with Crippen LogP contribution in [0.4, 0.5) is 19.1 Å². The van der Waals surface area contributed by atoms with Gasteiger partial charge >= 0.3 is 6.18 Å². The second-order valence-corrected chi connectivity index (χ2v) is 5.51. The van der Waals surface area contributed by atoms with Crippen LogP contribution < -0.4 is 5.73 Å². The van der Waals surface area contributed by atoms with Gasteiger partial charge in [-0.05, 0) is 0 Å². The summed E-state index contributed by atoms with van der Waals surface area (Å²) in [6, 6.07) is 8.78. The number of hydrogen-bond donors (Lipinski definition) is 1. The Morgan fingerprint density at radius 3 is 2.68 bits per heavy atom. The number of nitrogens with zero attached hydrogens (tertiary/aromatic N) is 3. The zero-order valence-corrected chi connectivity index (χ0v) is 13.0. The molecule has 1 amide bonds. The Balaban J connectivity index is 1.93. The maximum Gasteiger partial charge on any atom is 0.416 e.